The second kappa shape index (κ2) is 6.05. The molecular formula is C14H17NO2S. The number of rotatable bonds is 4. The Bertz CT molecular complexity index is 453. The average Bonchev–Trinajstić information content (AvgIpc) is 2.90. The predicted molar refractivity (Wildman–Crippen MR) is 73.1 cm³/mol. The smallest absolute Gasteiger partial charge is 0.232 e. The molecule has 18 heavy (non-hydrogen) atoms. The molecular weight excluding hydrogens is 246 g/mol. The molecule has 4 heteroatoms. The monoisotopic (exact) mass is 263 g/mol. The molecule has 1 fully saturated rings. The van der Waals surface area contributed by atoms with Crippen LogP contribution in [0.3, 0.4) is 0 Å². The van der Waals surface area contributed by atoms with Gasteiger partial charge in [-0.15, -0.1) is 11.8 Å². The second-order valence-corrected chi connectivity index (χ2v) is 5.54. The van der Waals surface area contributed by atoms with E-state index in [2.05, 4.69) is 0 Å². The van der Waals surface area contributed by atoms with Gasteiger partial charge in [-0.25, -0.2) is 0 Å². The third kappa shape index (κ3) is 3.13. The molecule has 1 heterocycles. The molecule has 0 bridgehead atoms. The Morgan fingerprint density at radius 2 is 2.11 bits per heavy atom. The minimum absolute atomic E-state index is 0.219. The summed E-state index contributed by atoms with van der Waals surface area (Å²) in [4.78, 5) is 25.6. The van der Waals surface area contributed by atoms with Gasteiger partial charge >= 0.3 is 0 Å². The lowest BCUT2D eigenvalue weighted by molar-refractivity contribution is -0.127. The number of hydrogen-bond donors (Lipinski definition) is 0. The van der Waals surface area contributed by atoms with Crippen LogP contribution in [-0.4, -0.2) is 35.9 Å². The lowest BCUT2D eigenvalue weighted by Crippen LogP contribution is -2.29. The van der Waals surface area contributed by atoms with E-state index < -0.39 is 0 Å². The quantitative estimate of drug-likeness (QED) is 0.619. The molecule has 0 spiro atoms. The van der Waals surface area contributed by atoms with E-state index in [-0.39, 0.29) is 5.91 Å². The number of nitrogens with zero attached hydrogens (tertiary/aromatic N) is 1. The molecule has 0 radical (unpaired) electrons. The highest BCUT2D eigenvalue weighted by Crippen LogP contribution is 2.23. The maximum Gasteiger partial charge on any atom is 0.232 e. The number of carbonyl (C=O) groups excluding carboxylic acids is 2. The lowest BCUT2D eigenvalue weighted by atomic mass is 10.2. The van der Waals surface area contributed by atoms with Gasteiger partial charge in [0.25, 0.3) is 0 Å². The number of thioether (sulfide) groups is 1. The zero-order chi connectivity index (χ0) is 13.0. The van der Waals surface area contributed by atoms with Gasteiger partial charge in [0.05, 0.1) is 5.75 Å². The third-order valence-corrected chi connectivity index (χ3v) is 4.31. The van der Waals surface area contributed by atoms with Crippen LogP contribution in [-0.2, 0) is 4.79 Å². The van der Waals surface area contributed by atoms with Crippen LogP contribution in [0.2, 0.25) is 0 Å². The summed E-state index contributed by atoms with van der Waals surface area (Å²) in [5.74, 6) is 0.706. The van der Waals surface area contributed by atoms with Gasteiger partial charge in [0.2, 0.25) is 5.91 Å². The molecule has 3 nitrogen and oxygen atoms in total. The van der Waals surface area contributed by atoms with Crippen molar-refractivity contribution in [2.24, 2.45) is 0 Å². The van der Waals surface area contributed by atoms with Crippen molar-refractivity contribution >= 4 is 24.0 Å². The molecule has 0 N–H and O–H groups in total. The fourth-order valence-corrected chi connectivity index (χ4v) is 3.02. The van der Waals surface area contributed by atoms with Crippen molar-refractivity contribution in [1.29, 1.82) is 0 Å². The van der Waals surface area contributed by atoms with E-state index in [1.807, 2.05) is 24.0 Å². The Labute approximate surface area is 112 Å². The van der Waals surface area contributed by atoms with Gasteiger partial charge in [-0.3, -0.25) is 9.59 Å². The van der Waals surface area contributed by atoms with E-state index in [1.54, 1.807) is 17.8 Å². The van der Waals surface area contributed by atoms with Crippen molar-refractivity contribution in [3.8, 4) is 0 Å². The lowest BCUT2D eigenvalue weighted by Gasteiger charge is -2.15. The Morgan fingerprint density at radius 3 is 2.72 bits per heavy atom. The largest absolute Gasteiger partial charge is 0.342 e. The van der Waals surface area contributed by atoms with Crippen LogP contribution in [0.1, 0.15) is 28.8 Å². The third-order valence-electron chi connectivity index (χ3n) is 3.14. The molecule has 1 aliphatic heterocycles. The minimum atomic E-state index is 0.219. The summed E-state index contributed by atoms with van der Waals surface area (Å²) in [6.07, 6.45) is 3.10. The number of likely N-dealkylation sites (tertiary alicyclic amines) is 1. The Balaban J connectivity index is 1.93. The topological polar surface area (TPSA) is 37.4 Å². The summed E-state index contributed by atoms with van der Waals surface area (Å²) in [5, 5.41) is 0. The van der Waals surface area contributed by atoms with Crippen molar-refractivity contribution in [2.45, 2.75) is 24.7 Å². The van der Waals surface area contributed by atoms with Gasteiger partial charge in [-0.1, -0.05) is 6.07 Å². The van der Waals surface area contributed by atoms with Crippen molar-refractivity contribution in [3.63, 3.8) is 0 Å². The fraction of sp³-hybridized carbons (Fsp3) is 0.429. The van der Waals surface area contributed by atoms with Gasteiger partial charge in [-0.2, -0.15) is 0 Å². The number of amides is 1. The molecule has 0 aromatic heterocycles. The minimum Gasteiger partial charge on any atom is -0.342 e. The molecule has 1 aliphatic rings. The first-order valence-electron chi connectivity index (χ1n) is 6.17. The number of aldehydes is 1. The first kappa shape index (κ1) is 13.1. The van der Waals surface area contributed by atoms with Crippen LogP contribution >= 0.6 is 11.8 Å². The Hall–Kier alpha value is -1.29. The molecule has 1 aromatic carbocycles. The van der Waals surface area contributed by atoms with Crippen LogP contribution in [0.15, 0.2) is 23.1 Å². The number of aryl methyl sites for hydroxylation is 1. The summed E-state index contributed by atoms with van der Waals surface area (Å²) in [6, 6.07) is 5.57. The highest BCUT2D eigenvalue weighted by Gasteiger charge is 2.17. The van der Waals surface area contributed by atoms with Crippen molar-refractivity contribution in [1.82, 2.24) is 4.90 Å². The SMILES string of the molecule is Cc1cc(C=O)ccc1SCC(=O)N1CCCC1. The zero-order valence-electron chi connectivity index (χ0n) is 10.5. The van der Waals surface area contributed by atoms with E-state index in [4.69, 9.17) is 0 Å². The van der Waals surface area contributed by atoms with Crippen LogP contribution in [0.4, 0.5) is 0 Å². The molecule has 1 saturated heterocycles. The maximum atomic E-state index is 11.9. The van der Waals surface area contributed by atoms with Crippen molar-refractivity contribution in [2.75, 3.05) is 18.8 Å². The van der Waals surface area contributed by atoms with E-state index in [0.717, 1.165) is 42.7 Å². The first-order chi connectivity index (χ1) is 8.70. The van der Waals surface area contributed by atoms with Gasteiger partial charge in [0.15, 0.2) is 0 Å². The van der Waals surface area contributed by atoms with Gasteiger partial charge in [0, 0.05) is 23.5 Å². The van der Waals surface area contributed by atoms with E-state index in [9.17, 15) is 9.59 Å². The molecule has 0 atom stereocenters. The molecule has 1 aromatic rings. The molecule has 0 aliphatic carbocycles. The Kier molecular flexibility index (Phi) is 4.42. The number of hydrogen-bond acceptors (Lipinski definition) is 3. The van der Waals surface area contributed by atoms with Crippen molar-refractivity contribution in [3.05, 3.63) is 29.3 Å². The highest BCUT2D eigenvalue weighted by molar-refractivity contribution is 8.00. The predicted octanol–water partition coefficient (Wildman–Crippen LogP) is 2.52. The summed E-state index contributed by atoms with van der Waals surface area (Å²) in [7, 11) is 0. The van der Waals surface area contributed by atoms with E-state index >= 15 is 0 Å². The molecule has 0 unspecified atom stereocenters. The van der Waals surface area contributed by atoms with Gasteiger partial charge in [0.1, 0.15) is 6.29 Å². The van der Waals surface area contributed by atoms with Crippen LogP contribution < -0.4 is 0 Å². The van der Waals surface area contributed by atoms with Gasteiger partial charge in [-0.05, 0) is 37.5 Å². The summed E-state index contributed by atoms with van der Waals surface area (Å²) in [5.41, 5.74) is 1.74. The van der Waals surface area contributed by atoms with Crippen LogP contribution in [0.5, 0.6) is 0 Å². The summed E-state index contributed by atoms with van der Waals surface area (Å²) in [6.45, 7) is 3.78. The fourth-order valence-electron chi connectivity index (χ4n) is 2.11. The van der Waals surface area contributed by atoms with E-state index in [0.29, 0.717) is 11.3 Å². The molecule has 2 rings (SSSR count). The first-order valence-corrected chi connectivity index (χ1v) is 7.15. The van der Waals surface area contributed by atoms with Crippen LogP contribution in [0.25, 0.3) is 0 Å². The van der Waals surface area contributed by atoms with Crippen molar-refractivity contribution < 1.29 is 9.59 Å². The molecule has 96 valence electrons. The molecule has 1 amide bonds. The maximum absolute atomic E-state index is 11.9. The molecule has 0 saturated carbocycles. The average molecular weight is 263 g/mol. The standard InChI is InChI=1S/C14H17NO2S/c1-11-8-12(9-16)4-5-13(11)18-10-14(17)15-6-2-3-7-15/h4-5,8-9H,2-3,6-7,10H2,1H3. The Morgan fingerprint density at radius 1 is 1.39 bits per heavy atom. The second-order valence-electron chi connectivity index (χ2n) is 4.52. The zero-order valence-corrected chi connectivity index (χ0v) is 11.3. The van der Waals surface area contributed by atoms with E-state index in [1.165, 1.54) is 0 Å². The van der Waals surface area contributed by atoms with Gasteiger partial charge < -0.3 is 4.90 Å². The number of carbonyl (C=O) groups is 2. The normalized spacial score (nSPS) is 14.8. The van der Waals surface area contributed by atoms with Crippen LogP contribution in [0, 0.1) is 6.92 Å². The summed E-state index contributed by atoms with van der Waals surface area (Å²) < 4.78 is 0. The number of benzene rings is 1. The highest BCUT2D eigenvalue weighted by atomic mass is 32.2. The summed E-state index contributed by atoms with van der Waals surface area (Å²) >= 11 is 1.55.